The molecular formula is C13H26N2O2. The third-order valence-corrected chi connectivity index (χ3v) is 4.07. The van der Waals surface area contributed by atoms with Crippen LogP contribution in [0.5, 0.6) is 0 Å². The molecule has 4 heteroatoms. The predicted octanol–water partition coefficient (Wildman–Crippen LogP) is 0.837. The van der Waals surface area contributed by atoms with Gasteiger partial charge in [0.1, 0.15) is 0 Å². The van der Waals surface area contributed by atoms with E-state index in [9.17, 15) is 4.79 Å². The van der Waals surface area contributed by atoms with Crippen LogP contribution >= 0.6 is 0 Å². The summed E-state index contributed by atoms with van der Waals surface area (Å²) < 4.78 is 0. The van der Waals surface area contributed by atoms with E-state index < -0.39 is 0 Å². The SMILES string of the molecule is CCN(CCO)C(=O)C1CC(N)C(C)CC1C. The maximum Gasteiger partial charge on any atom is 0.226 e. The van der Waals surface area contributed by atoms with E-state index in [4.69, 9.17) is 10.8 Å². The molecule has 0 spiro atoms. The first-order valence-corrected chi connectivity index (χ1v) is 6.66. The van der Waals surface area contributed by atoms with E-state index >= 15 is 0 Å². The van der Waals surface area contributed by atoms with Gasteiger partial charge >= 0.3 is 0 Å². The molecule has 1 amide bonds. The summed E-state index contributed by atoms with van der Waals surface area (Å²) in [5.74, 6) is 1.09. The van der Waals surface area contributed by atoms with Crippen LogP contribution in [0.15, 0.2) is 0 Å². The van der Waals surface area contributed by atoms with Gasteiger partial charge in [-0.05, 0) is 31.6 Å². The summed E-state index contributed by atoms with van der Waals surface area (Å²) >= 11 is 0. The largest absolute Gasteiger partial charge is 0.395 e. The number of hydrogen-bond acceptors (Lipinski definition) is 3. The fraction of sp³-hybridized carbons (Fsp3) is 0.923. The Balaban J connectivity index is 2.67. The van der Waals surface area contributed by atoms with Crippen molar-refractivity contribution in [3.05, 3.63) is 0 Å². The zero-order valence-corrected chi connectivity index (χ0v) is 11.2. The van der Waals surface area contributed by atoms with Crippen LogP contribution in [-0.2, 0) is 4.79 Å². The molecule has 0 saturated heterocycles. The van der Waals surface area contributed by atoms with E-state index in [-0.39, 0.29) is 24.5 Å². The van der Waals surface area contributed by atoms with Gasteiger partial charge < -0.3 is 15.7 Å². The van der Waals surface area contributed by atoms with Crippen molar-refractivity contribution in [3.63, 3.8) is 0 Å². The smallest absolute Gasteiger partial charge is 0.226 e. The highest BCUT2D eigenvalue weighted by molar-refractivity contribution is 5.79. The number of aliphatic hydroxyl groups excluding tert-OH is 1. The van der Waals surface area contributed by atoms with Crippen LogP contribution in [0.3, 0.4) is 0 Å². The lowest BCUT2D eigenvalue weighted by Gasteiger charge is -2.38. The van der Waals surface area contributed by atoms with Gasteiger partial charge in [-0.25, -0.2) is 0 Å². The van der Waals surface area contributed by atoms with Crippen molar-refractivity contribution in [1.82, 2.24) is 4.90 Å². The molecule has 1 fully saturated rings. The van der Waals surface area contributed by atoms with Crippen molar-refractivity contribution in [2.24, 2.45) is 23.5 Å². The molecule has 0 heterocycles. The Labute approximate surface area is 104 Å². The molecule has 100 valence electrons. The average Bonchev–Trinajstić information content (AvgIpc) is 2.30. The Morgan fingerprint density at radius 3 is 2.53 bits per heavy atom. The number of aliphatic hydroxyl groups is 1. The average molecular weight is 242 g/mol. The topological polar surface area (TPSA) is 66.6 Å². The first-order chi connectivity index (χ1) is 8.01. The highest BCUT2D eigenvalue weighted by atomic mass is 16.3. The molecule has 17 heavy (non-hydrogen) atoms. The minimum absolute atomic E-state index is 0.0309. The lowest BCUT2D eigenvalue weighted by atomic mass is 9.72. The highest BCUT2D eigenvalue weighted by Gasteiger charge is 2.36. The molecule has 0 bridgehead atoms. The van der Waals surface area contributed by atoms with Crippen LogP contribution < -0.4 is 5.73 Å². The Kier molecular flexibility index (Phi) is 5.40. The van der Waals surface area contributed by atoms with Crippen LogP contribution in [0.25, 0.3) is 0 Å². The highest BCUT2D eigenvalue weighted by Crippen LogP contribution is 2.33. The van der Waals surface area contributed by atoms with Crippen molar-refractivity contribution >= 4 is 5.91 Å². The van der Waals surface area contributed by atoms with Gasteiger partial charge in [0.15, 0.2) is 0 Å². The number of rotatable bonds is 4. The van der Waals surface area contributed by atoms with Crippen molar-refractivity contribution in [2.45, 2.75) is 39.7 Å². The standard InChI is InChI=1S/C13H26N2O2/c1-4-15(5-6-16)13(17)11-8-12(14)10(3)7-9(11)2/h9-12,16H,4-8,14H2,1-3H3. The fourth-order valence-electron chi connectivity index (χ4n) is 2.81. The van der Waals surface area contributed by atoms with Crippen LogP contribution in [0.4, 0.5) is 0 Å². The second kappa shape index (κ2) is 6.36. The van der Waals surface area contributed by atoms with Crippen molar-refractivity contribution in [3.8, 4) is 0 Å². The van der Waals surface area contributed by atoms with Crippen LogP contribution in [0.1, 0.15) is 33.6 Å². The van der Waals surface area contributed by atoms with Crippen molar-refractivity contribution < 1.29 is 9.90 Å². The fourth-order valence-corrected chi connectivity index (χ4v) is 2.81. The monoisotopic (exact) mass is 242 g/mol. The Morgan fingerprint density at radius 2 is 2.00 bits per heavy atom. The van der Waals surface area contributed by atoms with Gasteiger partial charge in [-0.2, -0.15) is 0 Å². The number of hydrogen-bond donors (Lipinski definition) is 2. The maximum absolute atomic E-state index is 12.3. The quantitative estimate of drug-likeness (QED) is 0.767. The molecule has 0 radical (unpaired) electrons. The van der Waals surface area contributed by atoms with Crippen LogP contribution in [0, 0.1) is 17.8 Å². The summed E-state index contributed by atoms with van der Waals surface area (Å²) in [6, 6.07) is 0.132. The van der Waals surface area contributed by atoms with Crippen LogP contribution in [-0.4, -0.2) is 41.7 Å². The zero-order valence-electron chi connectivity index (χ0n) is 11.2. The maximum atomic E-state index is 12.3. The van der Waals surface area contributed by atoms with Gasteiger partial charge in [0.2, 0.25) is 5.91 Å². The van der Waals surface area contributed by atoms with E-state index in [0.717, 1.165) is 12.8 Å². The molecule has 4 atom stereocenters. The van der Waals surface area contributed by atoms with Gasteiger partial charge in [-0.15, -0.1) is 0 Å². The molecule has 1 saturated carbocycles. The molecule has 1 aliphatic rings. The van der Waals surface area contributed by atoms with Gasteiger partial charge in [0.05, 0.1) is 6.61 Å². The summed E-state index contributed by atoms with van der Waals surface area (Å²) in [5.41, 5.74) is 6.06. The van der Waals surface area contributed by atoms with E-state index in [1.54, 1.807) is 4.90 Å². The van der Waals surface area contributed by atoms with Crippen molar-refractivity contribution in [1.29, 1.82) is 0 Å². The number of nitrogens with two attached hydrogens (primary N) is 1. The molecular weight excluding hydrogens is 216 g/mol. The summed E-state index contributed by atoms with van der Waals surface area (Å²) in [5, 5.41) is 8.96. The van der Waals surface area contributed by atoms with E-state index in [0.29, 0.717) is 24.9 Å². The number of likely N-dealkylation sites (N-methyl/N-ethyl adjacent to an activating group) is 1. The third-order valence-electron chi connectivity index (χ3n) is 4.07. The Hall–Kier alpha value is -0.610. The summed E-state index contributed by atoms with van der Waals surface area (Å²) in [6.07, 6.45) is 1.80. The minimum Gasteiger partial charge on any atom is -0.395 e. The third kappa shape index (κ3) is 3.42. The summed E-state index contributed by atoms with van der Waals surface area (Å²) in [4.78, 5) is 14.1. The number of carbonyl (C=O) groups is 1. The first kappa shape index (κ1) is 14.5. The molecule has 4 nitrogen and oxygen atoms in total. The molecule has 1 rings (SSSR count). The normalized spacial score (nSPS) is 33.5. The van der Waals surface area contributed by atoms with Crippen molar-refractivity contribution in [2.75, 3.05) is 19.7 Å². The van der Waals surface area contributed by atoms with E-state index in [1.807, 2.05) is 6.92 Å². The number of amides is 1. The second-order valence-corrected chi connectivity index (χ2v) is 5.34. The van der Waals surface area contributed by atoms with E-state index in [1.165, 1.54) is 0 Å². The Morgan fingerprint density at radius 1 is 1.35 bits per heavy atom. The number of nitrogens with zero attached hydrogens (tertiary/aromatic N) is 1. The van der Waals surface area contributed by atoms with Gasteiger partial charge in [-0.1, -0.05) is 13.8 Å². The second-order valence-electron chi connectivity index (χ2n) is 5.34. The number of carbonyl (C=O) groups excluding carboxylic acids is 1. The Bertz CT molecular complexity index is 258. The molecule has 0 aromatic carbocycles. The molecule has 3 N–H and O–H groups in total. The zero-order chi connectivity index (χ0) is 13.0. The summed E-state index contributed by atoms with van der Waals surface area (Å²) in [6.45, 7) is 7.37. The molecule has 0 aromatic heterocycles. The lowest BCUT2D eigenvalue weighted by Crippen LogP contribution is -2.47. The van der Waals surface area contributed by atoms with Gasteiger partial charge in [0, 0.05) is 25.0 Å². The lowest BCUT2D eigenvalue weighted by molar-refractivity contribution is -0.139. The molecule has 1 aliphatic carbocycles. The summed E-state index contributed by atoms with van der Waals surface area (Å²) in [7, 11) is 0. The molecule has 0 aliphatic heterocycles. The minimum atomic E-state index is 0.0309. The predicted molar refractivity (Wildman–Crippen MR) is 68.4 cm³/mol. The molecule has 4 unspecified atom stereocenters. The van der Waals surface area contributed by atoms with Gasteiger partial charge in [0.25, 0.3) is 0 Å². The van der Waals surface area contributed by atoms with Gasteiger partial charge in [-0.3, -0.25) is 4.79 Å². The molecule has 0 aromatic rings. The van der Waals surface area contributed by atoms with Crippen LogP contribution in [0.2, 0.25) is 0 Å². The first-order valence-electron chi connectivity index (χ1n) is 6.66. The van der Waals surface area contributed by atoms with E-state index in [2.05, 4.69) is 13.8 Å².